The van der Waals surface area contributed by atoms with Crippen molar-refractivity contribution in [2.24, 2.45) is 0 Å². The van der Waals surface area contributed by atoms with Crippen LogP contribution in [0.15, 0.2) is 47.2 Å². The molecule has 0 fully saturated rings. The summed E-state index contributed by atoms with van der Waals surface area (Å²) in [5.41, 5.74) is 0.859. The molecule has 6 heteroatoms. The van der Waals surface area contributed by atoms with E-state index >= 15 is 0 Å². The van der Waals surface area contributed by atoms with Gasteiger partial charge < -0.3 is 10.1 Å². The van der Waals surface area contributed by atoms with Gasteiger partial charge in [-0.15, -0.1) is 0 Å². The van der Waals surface area contributed by atoms with Crippen LogP contribution in [0.2, 0.25) is 0 Å². The van der Waals surface area contributed by atoms with Gasteiger partial charge in [-0.25, -0.2) is 0 Å². The summed E-state index contributed by atoms with van der Waals surface area (Å²) in [5.74, 6) is 0.976. The second-order valence-electron chi connectivity index (χ2n) is 5.20. The van der Waals surface area contributed by atoms with E-state index in [4.69, 9.17) is 4.74 Å². The number of carbonyl (C=O) groups excluding carboxylic acids is 1. The van der Waals surface area contributed by atoms with Gasteiger partial charge in [-0.2, -0.15) is 13.2 Å². The Kier molecular flexibility index (Phi) is 3.78. The SMILES string of the molecule is O=C1CC=C(Oc2ccc(C(F)(F)F)cc2)C2=C1CCNC2. The molecule has 0 bridgehead atoms. The highest BCUT2D eigenvalue weighted by Crippen LogP contribution is 2.32. The first-order valence-corrected chi connectivity index (χ1v) is 6.97. The number of carbonyl (C=O) groups is 1. The minimum absolute atomic E-state index is 0.0938. The number of nitrogens with one attached hydrogen (secondary N) is 1. The van der Waals surface area contributed by atoms with Crippen LogP contribution in [0.5, 0.6) is 5.75 Å². The van der Waals surface area contributed by atoms with Gasteiger partial charge in [0.25, 0.3) is 0 Å². The zero-order valence-corrected chi connectivity index (χ0v) is 11.7. The fourth-order valence-electron chi connectivity index (χ4n) is 2.60. The van der Waals surface area contributed by atoms with Crippen molar-refractivity contribution >= 4 is 5.78 Å². The molecule has 22 heavy (non-hydrogen) atoms. The first kappa shape index (κ1) is 14.8. The molecule has 0 aromatic heterocycles. The highest BCUT2D eigenvalue weighted by molar-refractivity contribution is 5.99. The molecule has 116 valence electrons. The Balaban J connectivity index is 1.81. The topological polar surface area (TPSA) is 38.3 Å². The second kappa shape index (κ2) is 5.61. The Morgan fingerprint density at radius 1 is 1.09 bits per heavy atom. The fourth-order valence-corrected chi connectivity index (χ4v) is 2.60. The first-order valence-electron chi connectivity index (χ1n) is 6.97. The normalized spacial score (nSPS) is 18.9. The van der Waals surface area contributed by atoms with Gasteiger partial charge in [-0.05, 0) is 43.3 Å². The molecular weight excluding hydrogens is 295 g/mol. The zero-order chi connectivity index (χ0) is 15.7. The van der Waals surface area contributed by atoms with Gasteiger partial charge >= 0.3 is 6.18 Å². The number of hydrogen-bond donors (Lipinski definition) is 1. The number of alkyl halides is 3. The van der Waals surface area contributed by atoms with E-state index in [2.05, 4.69) is 5.32 Å². The molecule has 0 saturated heterocycles. The Hall–Kier alpha value is -2.08. The Labute approximate surface area is 125 Å². The summed E-state index contributed by atoms with van der Waals surface area (Å²) in [4.78, 5) is 11.9. The number of allylic oxidation sites excluding steroid dienone is 1. The molecule has 0 spiro atoms. The van der Waals surface area contributed by atoms with Gasteiger partial charge in [0.05, 0.1) is 5.56 Å². The summed E-state index contributed by atoms with van der Waals surface area (Å²) in [5, 5.41) is 3.17. The van der Waals surface area contributed by atoms with E-state index in [0.29, 0.717) is 24.5 Å². The van der Waals surface area contributed by atoms with E-state index in [9.17, 15) is 18.0 Å². The summed E-state index contributed by atoms with van der Waals surface area (Å²) in [6, 6.07) is 4.55. The third-order valence-electron chi connectivity index (χ3n) is 3.73. The lowest BCUT2D eigenvalue weighted by Crippen LogP contribution is -2.31. The van der Waals surface area contributed by atoms with E-state index in [1.165, 1.54) is 12.1 Å². The molecule has 1 aliphatic carbocycles. The van der Waals surface area contributed by atoms with E-state index in [0.717, 1.165) is 29.8 Å². The van der Waals surface area contributed by atoms with Crippen molar-refractivity contribution in [1.29, 1.82) is 0 Å². The molecular formula is C16H14F3NO2. The fraction of sp³-hybridized carbons (Fsp3) is 0.312. The Bertz CT molecular complexity index is 657. The molecule has 1 heterocycles. The minimum atomic E-state index is -4.36. The van der Waals surface area contributed by atoms with Crippen LogP contribution in [0.25, 0.3) is 0 Å². The van der Waals surface area contributed by atoms with Crippen molar-refractivity contribution in [2.75, 3.05) is 13.1 Å². The highest BCUT2D eigenvalue weighted by Gasteiger charge is 2.30. The van der Waals surface area contributed by atoms with Crippen molar-refractivity contribution < 1.29 is 22.7 Å². The molecule has 2 aliphatic rings. The molecule has 3 nitrogen and oxygen atoms in total. The van der Waals surface area contributed by atoms with Crippen LogP contribution in [0, 0.1) is 0 Å². The van der Waals surface area contributed by atoms with Crippen molar-refractivity contribution in [3.8, 4) is 5.75 Å². The standard InChI is InChI=1S/C16H14F3NO2/c17-16(18,19)10-1-3-11(4-2-10)22-15-6-5-14(21)12-7-8-20-9-13(12)15/h1-4,6,20H,5,7-9H2. The average Bonchev–Trinajstić information content (AvgIpc) is 2.50. The van der Waals surface area contributed by atoms with Crippen molar-refractivity contribution in [1.82, 2.24) is 5.32 Å². The number of rotatable bonds is 2. The summed E-state index contributed by atoms with van der Waals surface area (Å²) in [6.07, 6.45) is -1.75. The molecule has 0 unspecified atom stereocenters. The van der Waals surface area contributed by atoms with Crippen LogP contribution in [0.1, 0.15) is 18.4 Å². The van der Waals surface area contributed by atoms with Crippen LogP contribution in [-0.4, -0.2) is 18.9 Å². The van der Waals surface area contributed by atoms with Crippen molar-refractivity contribution in [2.45, 2.75) is 19.0 Å². The number of ketones is 1. The predicted octanol–water partition coefficient (Wildman–Crippen LogP) is 3.23. The third-order valence-corrected chi connectivity index (χ3v) is 3.73. The van der Waals surface area contributed by atoms with Crippen molar-refractivity contribution in [3.63, 3.8) is 0 Å². The number of hydrogen-bond acceptors (Lipinski definition) is 3. The minimum Gasteiger partial charge on any atom is -0.457 e. The maximum absolute atomic E-state index is 12.5. The van der Waals surface area contributed by atoms with Gasteiger partial charge in [-0.1, -0.05) is 0 Å². The van der Waals surface area contributed by atoms with Crippen LogP contribution in [0.3, 0.4) is 0 Å². The highest BCUT2D eigenvalue weighted by atomic mass is 19.4. The molecule has 0 saturated carbocycles. The van der Waals surface area contributed by atoms with Gasteiger partial charge in [0, 0.05) is 24.1 Å². The molecule has 1 N–H and O–H groups in total. The Morgan fingerprint density at radius 3 is 2.50 bits per heavy atom. The lowest BCUT2D eigenvalue weighted by molar-refractivity contribution is -0.137. The molecule has 0 atom stereocenters. The van der Waals surface area contributed by atoms with E-state index < -0.39 is 11.7 Å². The number of ether oxygens (including phenoxy) is 1. The van der Waals surface area contributed by atoms with E-state index in [1.54, 1.807) is 6.08 Å². The largest absolute Gasteiger partial charge is 0.457 e. The monoisotopic (exact) mass is 309 g/mol. The number of benzene rings is 1. The molecule has 1 aromatic rings. The van der Waals surface area contributed by atoms with Crippen LogP contribution >= 0.6 is 0 Å². The van der Waals surface area contributed by atoms with Crippen molar-refractivity contribution in [3.05, 3.63) is 52.8 Å². The smallest absolute Gasteiger partial charge is 0.416 e. The lowest BCUT2D eigenvalue weighted by Gasteiger charge is -2.25. The predicted molar refractivity (Wildman–Crippen MR) is 74.3 cm³/mol. The maximum atomic E-state index is 12.5. The summed E-state index contributed by atoms with van der Waals surface area (Å²) < 4.78 is 43.3. The second-order valence-corrected chi connectivity index (χ2v) is 5.20. The maximum Gasteiger partial charge on any atom is 0.416 e. The third kappa shape index (κ3) is 2.92. The summed E-state index contributed by atoms with van der Waals surface area (Å²) in [6.45, 7) is 1.28. The molecule has 3 rings (SSSR count). The van der Waals surface area contributed by atoms with Gasteiger partial charge in [0.2, 0.25) is 0 Å². The quantitative estimate of drug-likeness (QED) is 0.911. The molecule has 0 amide bonds. The molecule has 1 aliphatic heterocycles. The zero-order valence-electron chi connectivity index (χ0n) is 11.7. The first-order chi connectivity index (χ1) is 10.4. The summed E-state index contributed by atoms with van der Waals surface area (Å²) in [7, 11) is 0. The van der Waals surface area contributed by atoms with Gasteiger partial charge in [-0.3, -0.25) is 4.79 Å². The molecule has 1 aromatic carbocycles. The van der Waals surface area contributed by atoms with Crippen LogP contribution in [0.4, 0.5) is 13.2 Å². The van der Waals surface area contributed by atoms with E-state index in [1.807, 2.05) is 0 Å². The molecule has 0 radical (unpaired) electrons. The number of Topliss-reactive ketones (excluding diaryl/α,β-unsaturated/α-hetero) is 1. The average molecular weight is 309 g/mol. The van der Waals surface area contributed by atoms with Crippen LogP contribution in [-0.2, 0) is 11.0 Å². The van der Waals surface area contributed by atoms with Gasteiger partial charge in [0.1, 0.15) is 11.5 Å². The lowest BCUT2D eigenvalue weighted by atomic mass is 9.90. The summed E-state index contributed by atoms with van der Waals surface area (Å²) >= 11 is 0. The number of halogens is 3. The Morgan fingerprint density at radius 2 is 1.82 bits per heavy atom. The van der Waals surface area contributed by atoms with Crippen LogP contribution < -0.4 is 10.1 Å². The van der Waals surface area contributed by atoms with Gasteiger partial charge in [0.15, 0.2) is 5.78 Å². The van der Waals surface area contributed by atoms with E-state index in [-0.39, 0.29) is 12.2 Å².